The maximum atomic E-state index is 4.38. The molecule has 0 aromatic carbocycles. The predicted octanol–water partition coefficient (Wildman–Crippen LogP) is 1.69. The molecule has 1 heterocycles. The van der Waals surface area contributed by atoms with Crippen molar-refractivity contribution in [2.75, 3.05) is 59.6 Å². The van der Waals surface area contributed by atoms with Crippen molar-refractivity contribution in [1.82, 2.24) is 20.4 Å². The van der Waals surface area contributed by atoms with E-state index < -0.39 is 0 Å². The molecule has 2 fully saturated rings. The van der Waals surface area contributed by atoms with E-state index >= 15 is 0 Å². The Morgan fingerprint density at radius 2 is 2.04 bits per heavy atom. The van der Waals surface area contributed by atoms with Gasteiger partial charge in [-0.3, -0.25) is 4.99 Å². The summed E-state index contributed by atoms with van der Waals surface area (Å²) in [5, 5.41) is 7.89. The molecular formula is C16H34IN5S. The SMILES string of the molecule is CN=C(NCCN1CCCN(C)CC1)NC1CCC(SC)C1.I. The van der Waals surface area contributed by atoms with Gasteiger partial charge in [0.25, 0.3) is 0 Å². The van der Waals surface area contributed by atoms with Crippen LogP contribution in [0.3, 0.4) is 0 Å². The second kappa shape index (κ2) is 11.8. The number of rotatable bonds is 5. The van der Waals surface area contributed by atoms with Crippen LogP contribution >= 0.6 is 35.7 Å². The van der Waals surface area contributed by atoms with Crippen LogP contribution in [0.4, 0.5) is 0 Å². The number of likely N-dealkylation sites (N-methyl/N-ethyl adjacent to an activating group) is 1. The third-order valence-corrected chi connectivity index (χ3v) is 5.91. The number of hydrogen-bond donors (Lipinski definition) is 2. The van der Waals surface area contributed by atoms with Gasteiger partial charge in [0, 0.05) is 44.5 Å². The molecule has 0 amide bonds. The van der Waals surface area contributed by atoms with Gasteiger partial charge < -0.3 is 20.4 Å². The molecule has 0 aromatic rings. The molecule has 1 aliphatic carbocycles. The smallest absolute Gasteiger partial charge is 0.191 e. The quantitative estimate of drug-likeness (QED) is 0.375. The first-order valence-electron chi connectivity index (χ1n) is 8.62. The van der Waals surface area contributed by atoms with E-state index in [0.717, 1.165) is 24.3 Å². The zero-order chi connectivity index (χ0) is 15.8. The van der Waals surface area contributed by atoms with E-state index in [4.69, 9.17) is 0 Å². The van der Waals surface area contributed by atoms with Gasteiger partial charge in [0.2, 0.25) is 0 Å². The second-order valence-corrected chi connectivity index (χ2v) is 7.65. The molecule has 0 radical (unpaired) electrons. The monoisotopic (exact) mass is 455 g/mol. The molecule has 7 heteroatoms. The van der Waals surface area contributed by atoms with Crippen LogP contribution in [0.15, 0.2) is 4.99 Å². The molecule has 2 unspecified atom stereocenters. The lowest BCUT2D eigenvalue weighted by Crippen LogP contribution is -2.45. The molecule has 2 atom stereocenters. The van der Waals surface area contributed by atoms with Gasteiger partial charge in [-0.05, 0) is 52.1 Å². The minimum Gasteiger partial charge on any atom is -0.355 e. The Morgan fingerprint density at radius 1 is 1.22 bits per heavy atom. The Hall–Kier alpha value is 0.270. The van der Waals surface area contributed by atoms with Crippen molar-refractivity contribution in [3.63, 3.8) is 0 Å². The van der Waals surface area contributed by atoms with Gasteiger partial charge in [-0.1, -0.05) is 0 Å². The number of nitrogens with one attached hydrogen (secondary N) is 2. The summed E-state index contributed by atoms with van der Waals surface area (Å²) in [6.07, 6.45) is 7.36. The van der Waals surface area contributed by atoms with Crippen molar-refractivity contribution in [3.05, 3.63) is 0 Å². The Bertz CT molecular complexity index is 355. The molecule has 0 spiro atoms. The highest BCUT2D eigenvalue weighted by Crippen LogP contribution is 2.27. The standard InChI is InChI=1S/C16H33N5S.HI/c1-17-16(19-14-5-6-15(13-14)22-3)18-7-10-21-9-4-8-20(2)11-12-21;/h14-15H,4-13H2,1-3H3,(H2,17,18,19);1H. The van der Waals surface area contributed by atoms with E-state index in [2.05, 4.69) is 38.7 Å². The van der Waals surface area contributed by atoms with E-state index in [-0.39, 0.29) is 24.0 Å². The zero-order valence-corrected chi connectivity index (χ0v) is 18.0. The van der Waals surface area contributed by atoms with Crippen LogP contribution in [0.1, 0.15) is 25.7 Å². The van der Waals surface area contributed by atoms with E-state index in [0.29, 0.717) is 6.04 Å². The van der Waals surface area contributed by atoms with E-state index in [1.54, 1.807) is 0 Å². The third-order valence-electron chi connectivity index (χ3n) is 4.81. The van der Waals surface area contributed by atoms with Gasteiger partial charge in [0.15, 0.2) is 5.96 Å². The molecule has 136 valence electrons. The molecule has 2 N–H and O–H groups in total. The van der Waals surface area contributed by atoms with Crippen molar-refractivity contribution >= 4 is 41.7 Å². The fraction of sp³-hybridized carbons (Fsp3) is 0.938. The van der Waals surface area contributed by atoms with Crippen LogP contribution in [0.25, 0.3) is 0 Å². The molecule has 1 saturated carbocycles. The second-order valence-electron chi connectivity index (χ2n) is 6.51. The molecule has 0 aromatic heterocycles. The summed E-state index contributed by atoms with van der Waals surface area (Å²) in [6, 6.07) is 0.593. The Morgan fingerprint density at radius 3 is 2.74 bits per heavy atom. The van der Waals surface area contributed by atoms with Crippen LogP contribution < -0.4 is 10.6 Å². The van der Waals surface area contributed by atoms with Crippen LogP contribution in [-0.2, 0) is 0 Å². The first kappa shape index (κ1) is 21.3. The Kier molecular flexibility index (Phi) is 10.9. The van der Waals surface area contributed by atoms with Crippen LogP contribution in [-0.4, -0.2) is 86.7 Å². The molecule has 1 aliphatic heterocycles. The summed E-state index contributed by atoms with van der Waals surface area (Å²) in [4.78, 5) is 9.36. The maximum Gasteiger partial charge on any atom is 0.191 e. The normalized spacial score (nSPS) is 27.3. The topological polar surface area (TPSA) is 42.9 Å². The average Bonchev–Trinajstić information content (AvgIpc) is 2.88. The lowest BCUT2D eigenvalue weighted by molar-refractivity contribution is 0.280. The predicted molar refractivity (Wildman–Crippen MR) is 113 cm³/mol. The average molecular weight is 455 g/mol. The maximum absolute atomic E-state index is 4.38. The Labute approximate surface area is 163 Å². The summed E-state index contributed by atoms with van der Waals surface area (Å²) in [7, 11) is 4.09. The summed E-state index contributed by atoms with van der Waals surface area (Å²) < 4.78 is 0. The third kappa shape index (κ3) is 7.79. The minimum atomic E-state index is 0. The number of aliphatic imine (C=N–C) groups is 1. The summed E-state index contributed by atoms with van der Waals surface area (Å²) in [5.41, 5.74) is 0. The van der Waals surface area contributed by atoms with Crippen LogP contribution in [0.2, 0.25) is 0 Å². The van der Waals surface area contributed by atoms with Crippen molar-refractivity contribution < 1.29 is 0 Å². The number of halogens is 1. The molecule has 2 rings (SSSR count). The lowest BCUT2D eigenvalue weighted by atomic mass is 10.2. The molecule has 1 saturated heterocycles. The van der Waals surface area contributed by atoms with Crippen molar-refractivity contribution in [3.8, 4) is 0 Å². The number of hydrogen-bond acceptors (Lipinski definition) is 4. The first-order chi connectivity index (χ1) is 10.7. The highest BCUT2D eigenvalue weighted by atomic mass is 127. The van der Waals surface area contributed by atoms with Gasteiger partial charge in [-0.25, -0.2) is 0 Å². The van der Waals surface area contributed by atoms with Crippen LogP contribution in [0.5, 0.6) is 0 Å². The number of nitrogens with zero attached hydrogens (tertiary/aromatic N) is 3. The van der Waals surface area contributed by atoms with Gasteiger partial charge in [-0.15, -0.1) is 24.0 Å². The largest absolute Gasteiger partial charge is 0.355 e. The van der Waals surface area contributed by atoms with Crippen molar-refractivity contribution in [2.24, 2.45) is 4.99 Å². The fourth-order valence-electron chi connectivity index (χ4n) is 3.33. The highest BCUT2D eigenvalue weighted by molar-refractivity contribution is 14.0. The molecule has 2 aliphatic rings. The summed E-state index contributed by atoms with van der Waals surface area (Å²) in [6.45, 7) is 6.89. The zero-order valence-electron chi connectivity index (χ0n) is 14.9. The molecule has 5 nitrogen and oxygen atoms in total. The van der Waals surface area contributed by atoms with Gasteiger partial charge in [-0.2, -0.15) is 11.8 Å². The van der Waals surface area contributed by atoms with E-state index in [9.17, 15) is 0 Å². The fourth-order valence-corrected chi connectivity index (χ4v) is 4.13. The lowest BCUT2D eigenvalue weighted by Gasteiger charge is -2.22. The number of thioether (sulfide) groups is 1. The molecular weight excluding hydrogens is 421 g/mol. The van der Waals surface area contributed by atoms with Crippen molar-refractivity contribution in [1.29, 1.82) is 0 Å². The molecule has 23 heavy (non-hydrogen) atoms. The molecule has 0 bridgehead atoms. The minimum absolute atomic E-state index is 0. The number of guanidine groups is 1. The van der Waals surface area contributed by atoms with Gasteiger partial charge in [0.05, 0.1) is 0 Å². The van der Waals surface area contributed by atoms with Gasteiger partial charge >= 0.3 is 0 Å². The van der Waals surface area contributed by atoms with Gasteiger partial charge in [0.1, 0.15) is 0 Å². The van der Waals surface area contributed by atoms with Crippen molar-refractivity contribution in [2.45, 2.75) is 37.0 Å². The Balaban J connectivity index is 0.00000264. The van der Waals surface area contributed by atoms with E-state index in [1.807, 2.05) is 18.8 Å². The summed E-state index contributed by atoms with van der Waals surface area (Å²) in [5.74, 6) is 0.971. The van der Waals surface area contributed by atoms with Crippen LogP contribution in [0, 0.1) is 0 Å². The van der Waals surface area contributed by atoms with E-state index in [1.165, 1.54) is 51.9 Å². The highest BCUT2D eigenvalue weighted by Gasteiger charge is 2.24. The first-order valence-corrected chi connectivity index (χ1v) is 9.91. The summed E-state index contributed by atoms with van der Waals surface area (Å²) >= 11 is 2.00.